The zero-order valence-electron chi connectivity index (χ0n) is 12.5. The molecule has 20 heavy (non-hydrogen) atoms. The molecule has 0 bridgehead atoms. The lowest BCUT2D eigenvalue weighted by Gasteiger charge is -2.26. The van der Waals surface area contributed by atoms with Crippen LogP contribution in [0.5, 0.6) is 0 Å². The molecule has 0 heterocycles. The van der Waals surface area contributed by atoms with Crippen LogP contribution in [0.25, 0.3) is 0 Å². The summed E-state index contributed by atoms with van der Waals surface area (Å²) in [6.45, 7) is 6.11. The van der Waals surface area contributed by atoms with Crippen LogP contribution in [0.15, 0.2) is 18.2 Å². The number of hydrogen-bond acceptors (Lipinski definition) is 2. The van der Waals surface area contributed by atoms with E-state index in [0.29, 0.717) is 6.04 Å². The average Bonchev–Trinajstić information content (AvgIpc) is 3.29. The lowest BCUT2D eigenvalue weighted by atomic mass is 10.1. The first-order valence-corrected chi connectivity index (χ1v) is 7.98. The molecule has 1 unspecified atom stereocenters. The SMILES string of the molecule is CCNC(C)c1ccc(N(CC2CC2)C2CC2)c(F)c1. The first-order valence-electron chi connectivity index (χ1n) is 7.98. The molecule has 3 rings (SSSR count). The van der Waals surface area contributed by atoms with Crippen molar-refractivity contribution in [3.05, 3.63) is 29.6 Å². The molecule has 0 spiro atoms. The fourth-order valence-electron chi connectivity index (χ4n) is 2.86. The van der Waals surface area contributed by atoms with Gasteiger partial charge in [-0.1, -0.05) is 13.0 Å². The van der Waals surface area contributed by atoms with Gasteiger partial charge in [0.2, 0.25) is 0 Å². The number of nitrogens with zero attached hydrogens (tertiary/aromatic N) is 1. The summed E-state index contributed by atoms with van der Waals surface area (Å²) in [6, 6.07) is 6.57. The molecule has 3 heteroatoms. The lowest BCUT2D eigenvalue weighted by Crippen LogP contribution is -2.29. The average molecular weight is 276 g/mol. The van der Waals surface area contributed by atoms with E-state index in [4.69, 9.17) is 0 Å². The Bertz CT molecular complexity index is 466. The van der Waals surface area contributed by atoms with Crippen LogP contribution in [0.4, 0.5) is 10.1 Å². The van der Waals surface area contributed by atoms with E-state index in [2.05, 4.69) is 30.1 Å². The van der Waals surface area contributed by atoms with Crippen molar-refractivity contribution in [2.45, 2.75) is 51.6 Å². The van der Waals surface area contributed by atoms with E-state index < -0.39 is 0 Å². The Labute approximate surface area is 121 Å². The van der Waals surface area contributed by atoms with Crippen LogP contribution in [0, 0.1) is 11.7 Å². The summed E-state index contributed by atoms with van der Waals surface area (Å²) < 4.78 is 14.5. The fourth-order valence-corrected chi connectivity index (χ4v) is 2.86. The van der Waals surface area contributed by atoms with Gasteiger partial charge in [-0.15, -0.1) is 0 Å². The van der Waals surface area contributed by atoms with Crippen LogP contribution < -0.4 is 10.2 Å². The van der Waals surface area contributed by atoms with Gasteiger partial charge >= 0.3 is 0 Å². The minimum Gasteiger partial charge on any atom is -0.366 e. The summed E-state index contributed by atoms with van der Waals surface area (Å²) in [7, 11) is 0. The normalized spacial score (nSPS) is 19.9. The van der Waals surface area contributed by atoms with Gasteiger partial charge in [-0.05, 0) is 62.8 Å². The molecule has 2 aliphatic rings. The van der Waals surface area contributed by atoms with Crippen molar-refractivity contribution < 1.29 is 4.39 Å². The van der Waals surface area contributed by atoms with Gasteiger partial charge in [0.15, 0.2) is 0 Å². The largest absolute Gasteiger partial charge is 0.366 e. The Morgan fingerprint density at radius 2 is 2.05 bits per heavy atom. The van der Waals surface area contributed by atoms with Gasteiger partial charge in [0.25, 0.3) is 0 Å². The Balaban J connectivity index is 1.77. The molecule has 0 aromatic heterocycles. The first kappa shape index (κ1) is 13.9. The number of rotatable bonds is 7. The highest BCUT2D eigenvalue weighted by Crippen LogP contribution is 2.38. The van der Waals surface area contributed by atoms with E-state index in [1.165, 1.54) is 25.7 Å². The minimum absolute atomic E-state index is 0.0557. The van der Waals surface area contributed by atoms with Gasteiger partial charge in [0.1, 0.15) is 5.82 Å². The van der Waals surface area contributed by atoms with Crippen LogP contribution in [-0.4, -0.2) is 19.1 Å². The van der Waals surface area contributed by atoms with Crippen LogP contribution in [0.1, 0.15) is 51.1 Å². The quantitative estimate of drug-likeness (QED) is 0.813. The van der Waals surface area contributed by atoms with Crippen LogP contribution >= 0.6 is 0 Å². The highest BCUT2D eigenvalue weighted by molar-refractivity contribution is 5.51. The Morgan fingerprint density at radius 1 is 1.30 bits per heavy atom. The van der Waals surface area contributed by atoms with Crippen LogP contribution in [-0.2, 0) is 0 Å². The van der Waals surface area contributed by atoms with E-state index >= 15 is 0 Å². The summed E-state index contributed by atoms with van der Waals surface area (Å²) in [4.78, 5) is 2.31. The highest BCUT2D eigenvalue weighted by atomic mass is 19.1. The van der Waals surface area contributed by atoms with Gasteiger partial charge in [-0.2, -0.15) is 0 Å². The summed E-state index contributed by atoms with van der Waals surface area (Å²) in [5.41, 5.74) is 1.85. The topological polar surface area (TPSA) is 15.3 Å². The van der Waals surface area contributed by atoms with Crippen LogP contribution in [0.3, 0.4) is 0 Å². The van der Waals surface area contributed by atoms with Crippen molar-refractivity contribution in [2.24, 2.45) is 5.92 Å². The van der Waals surface area contributed by atoms with Crippen molar-refractivity contribution in [1.82, 2.24) is 5.32 Å². The third-order valence-electron chi connectivity index (χ3n) is 4.43. The maximum Gasteiger partial charge on any atom is 0.146 e. The molecular formula is C17H25FN2. The highest BCUT2D eigenvalue weighted by Gasteiger charge is 2.34. The Morgan fingerprint density at radius 3 is 2.60 bits per heavy atom. The standard InChI is InChI=1S/C17H25FN2/c1-3-19-12(2)14-6-9-17(16(18)10-14)20(15-7-8-15)11-13-4-5-13/h6,9-10,12-13,15,19H,3-5,7-8,11H2,1-2H3. The van der Waals surface area contributed by atoms with E-state index in [0.717, 1.165) is 30.3 Å². The predicted molar refractivity (Wildman–Crippen MR) is 81.6 cm³/mol. The number of nitrogens with one attached hydrogen (secondary N) is 1. The maximum absolute atomic E-state index is 14.5. The molecule has 2 fully saturated rings. The summed E-state index contributed by atoms with van der Waals surface area (Å²) in [5.74, 6) is 0.746. The lowest BCUT2D eigenvalue weighted by molar-refractivity contribution is 0.578. The Hall–Kier alpha value is -1.09. The van der Waals surface area contributed by atoms with Gasteiger partial charge in [-0.25, -0.2) is 4.39 Å². The molecule has 1 N–H and O–H groups in total. The number of hydrogen-bond donors (Lipinski definition) is 1. The van der Waals surface area contributed by atoms with Gasteiger partial charge in [0, 0.05) is 18.6 Å². The molecule has 110 valence electrons. The summed E-state index contributed by atoms with van der Waals surface area (Å²) in [6.07, 6.45) is 5.09. The molecule has 1 atom stereocenters. The van der Waals surface area contributed by atoms with Crippen LogP contribution in [0.2, 0.25) is 0 Å². The van der Waals surface area contributed by atoms with Gasteiger partial charge in [-0.3, -0.25) is 0 Å². The first-order chi connectivity index (χ1) is 9.69. The Kier molecular flexibility index (Phi) is 3.97. The smallest absolute Gasteiger partial charge is 0.146 e. The van der Waals surface area contributed by atoms with Gasteiger partial charge in [0.05, 0.1) is 5.69 Å². The molecule has 2 nitrogen and oxygen atoms in total. The summed E-state index contributed by atoms with van der Waals surface area (Å²) >= 11 is 0. The third-order valence-corrected chi connectivity index (χ3v) is 4.43. The third kappa shape index (κ3) is 3.14. The van der Waals surface area contributed by atoms with Crippen molar-refractivity contribution >= 4 is 5.69 Å². The van der Waals surface area contributed by atoms with Crippen molar-refractivity contribution in [3.63, 3.8) is 0 Å². The maximum atomic E-state index is 14.5. The molecule has 2 aliphatic carbocycles. The molecule has 0 saturated heterocycles. The molecular weight excluding hydrogens is 251 g/mol. The van der Waals surface area contributed by atoms with E-state index in [9.17, 15) is 4.39 Å². The zero-order chi connectivity index (χ0) is 14.1. The minimum atomic E-state index is -0.0557. The second-order valence-corrected chi connectivity index (χ2v) is 6.32. The predicted octanol–water partition coefficient (Wildman–Crippen LogP) is 3.88. The monoisotopic (exact) mass is 276 g/mol. The molecule has 0 aliphatic heterocycles. The molecule has 1 aromatic carbocycles. The molecule has 0 radical (unpaired) electrons. The van der Waals surface area contributed by atoms with Crippen molar-refractivity contribution in [3.8, 4) is 0 Å². The van der Waals surface area contributed by atoms with E-state index in [-0.39, 0.29) is 11.9 Å². The number of benzene rings is 1. The van der Waals surface area contributed by atoms with Gasteiger partial charge < -0.3 is 10.2 Å². The fraction of sp³-hybridized carbons (Fsp3) is 0.647. The van der Waals surface area contributed by atoms with Crippen molar-refractivity contribution in [1.29, 1.82) is 0 Å². The summed E-state index contributed by atoms with van der Waals surface area (Å²) in [5, 5.41) is 3.33. The number of anilines is 1. The molecule has 2 saturated carbocycles. The van der Waals surface area contributed by atoms with E-state index in [1.807, 2.05) is 6.07 Å². The second-order valence-electron chi connectivity index (χ2n) is 6.32. The second kappa shape index (κ2) is 5.72. The van der Waals surface area contributed by atoms with Crippen molar-refractivity contribution in [2.75, 3.05) is 18.0 Å². The molecule has 0 amide bonds. The molecule has 1 aromatic rings. The zero-order valence-corrected chi connectivity index (χ0v) is 12.5. The van der Waals surface area contributed by atoms with E-state index in [1.54, 1.807) is 6.07 Å². The number of halogens is 1.